The van der Waals surface area contributed by atoms with Crippen molar-refractivity contribution in [2.45, 2.75) is 6.18 Å². The molecule has 188 valence electrons. The second-order valence-electron chi connectivity index (χ2n) is 7.51. The molecule has 0 atom stereocenters. The summed E-state index contributed by atoms with van der Waals surface area (Å²) in [6, 6.07) is 13.4. The third-order valence-corrected chi connectivity index (χ3v) is 5.24. The second kappa shape index (κ2) is 10.3. The van der Waals surface area contributed by atoms with Gasteiger partial charge < -0.3 is 19.6 Å². The van der Waals surface area contributed by atoms with E-state index in [1.165, 1.54) is 30.3 Å². The van der Waals surface area contributed by atoms with Gasteiger partial charge in [0.05, 0.1) is 5.69 Å². The first kappa shape index (κ1) is 25.1. The van der Waals surface area contributed by atoms with Gasteiger partial charge in [-0.25, -0.2) is 4.79 Å². The summed E-state index contributed by atoms with van der Waals surface area (Å²) in [6.07, 6.45) is -4.45. The lowest BCUT2D eigenvalue weighted by atomic mass is 10.1. The van der Waals surface area contributed by atoms with E-state index in [-0.39, 0.29) is 18.1 Å². The van der Waals surface area contributed by atoms with Crippen LogP contribution in [0, 0.1) is 0 Å². The minimum absolute atomic E-state index is 0.137. The van der Waals surface area contributed by atoms with E-state index in [2.05, 4.69) is 10.4 Å². The highest BCUT2D eigenvalue weighted by molar-refractivity contribution is 6.30. The lowest BCUT2D eigenvalue weighted by molar-refractivity contribution is -0.153. The normalized spacial score (nSPS) is 11.4. The number of anilines is 1. The van der Waals surface area contributed by atoms with Gasteiger partial charge in [0, 0.05) is 47.7 Å². The van der Waals surface area contributed by atoms with E-state index in [0.717, 1.165) is 6.07 Å². The summed E-state index contributed by atoms with van der Waals surface area (Å²) in [4.78, 5) is 12.5. The molecule has 2 heterocycles. The van der Waals surface area contributed by atoms with Crippen LogP contribution in [-0.4, -0.2) is 29.0 Å². The van der Waals surface area contributed by atoms with Crippen molar-refractivity contribution in [3.05, 3.63) is 71.6 Å². The number of carbonyl (C=O) groups is 1. The van der Waals surface area contributed by atoms with Crippen molar-refractivity contribution in [2.24, 2.45) is 12.8 Å². The van der Waals surface area contributed by atoms with Gasteiger partial charge in [0.1, 0.15) is 18.1 Å². The third-order valence-electron chi connectivity index (χ3n) is 4.99. The number of ether oxygens (including phenoxy) is 2. The van der Waals surface area contributed by atoms with Gasteiger partial charge in [0.25, 0.3) is 5.76 Å². The number of nitrogens with zero attached hydrogens (tertiary/aromatic N) is 2. The number of rotatable bonds is 7. The highest BCUT2D eigenvalue weighted by Crippen LogP contribution is 2.42. The molecule has 0 saturated heterocycles. The van der Waals surface area contributed by atoms with Gasteiger partial charge in [0.15, 0.2) is 5.75 Å². The number of halogens is 4. The monoisotopic (exact) mass is 520 g/mol. The molecule has 12 heteroatoms. The highest BCUT2D eigenvalue weighted by atomic mass is 35.5. The summed E-state index contributed by atoms with van der Waals surface area (Å²) >= 11 is 5.83. The van der Waals surface area contributed by atoms with E-state index in [1.54, 1.807) is 36.1 Å². The van der Waals surface area contributed by atoms with E-state index < -0.39 is 23.8 Å². The standard InChI is InChI=1S/C24H20ClF3N4O4/c1-32-18(8-10-30-32)17-12-16(6-7-19(17)34-11-9-29)31-23(33)36-21-13-20(35-22(21)24(26,27)28)14-2-4-15(25)5-3-14/h2-8,10,12-13H,9,11,29H2,1H3,(H,31,33). The molecule has 3 N–H and O–H groups in total. The van der Waals surface area contributed by atoms with E-state index in [9.17, 15) is 18.0 Å². The molecule has 0 spiro atoms. The number of aromatic nitrogens is 2. The molecule has 2 aromatic carbocycles. The topological polar surface area (TPSA) is 105 Å². The first-order valence-electron chi connectivity index (χ1n) is 10.6. The molecule has 0 aliphatic carbocycles. The Kier molecular flexibility index (Phi) is 7.22. The molecule has 0 saturated carbocycles. The van der Waals surface area contributed by atoms with Crippen LogP contribution in [0.2, 0.25) is 5.02 Å². The molecule has 0 bridgehead atoms. The summed E-state index contributed by atoms with van der Waals surface area (Å²) < 4.78 is 57.9. The number of hydrogen-bond acceptors (Lipinski definition) is 6. The van der Waals surface area contributed by atoms with Gasteiger partial charge in [0.2, 0.25) is 0 Å². The zero-order chi connectivity index (χ0) is 25.9. The number of benzene rings is 2. The second-order valence-corrected chi connectivity index (χ2v) is 7.95. The number of nitrogens with one attached hydrogen (secondary N) is 1. The number of alkyl halides is 3. The van der Waals surface area contributed by atoms with Gasteiger partial charge in [-0.05, 0) is 48.5 Å². The highest BCUT2D eigenvalue weighted by Gasteiger charge is 2.40. The molecule has 0 radical (unpaired) electrons. The fourth-order valence-corrected chi connectivity index (χ4v) is 3.51. The van der Waals surface area contributed by atoms with Crippen LogP contribution in [0.5, 0.6) is 11.5 Å². The van der Waals surface area contributed by atoms with Crippen molar-refractivity contribution in [1.29, 1.82) is 0 Å². The molecule has 1 amide bonds. The van der Waals surface area contributed by atoms with Crippen molar-refractivity contribution < 1.29 is 31.9 Å². The van der Waals surface area contributed by atoms with Crippen LogP contribution < -0.4 is 20.5 Å². The summed E-state index contributed by atoms with van der Waals surface area (Å²) in [5, 5.41) is 6.96. The van der Waals surface area contributed by atoms with E-state index in [1.807, 2.05) is 0 Å². The lowest BCUT2D eigenvalue weighted by Gasteiger charge is -2.14. The molecule has 36 heavy (non-hydrogen) atoms. The van der Waals surface area contributed by atoms with Crippen LogP contribution in [0.4, 0.5) is 23.7 Å². The summed E-state index contributed by atoms with van der Waals surface area (Å²) in [5.41, 5.74) is 7.38. The zero-order valence-corrected chi connectivity index (χ0v) is 19.6. The molecule has 0 unspecified atom stereocenters. The Labute approximate surface area is 208 Å². The van der Waals surface area contributed by atoms with Crippen molar-refractivity contribution in [2.75, 3.05) is 18.5 Å². The van der Waals surface area contributed by atoms with Crippen LogP contribution in [0.3, 0.4) is 0 Å². The Morgan fingerprint density at radius 2 is 1.89 bits per heavy atom. The average Bonchev–Trinajstić information content (AvgIpc) is 3.45. The number of aryl methyl sites for hydroxylation is 1. The average molecular weight is 521 g/mol. The first-order chi connectivity index (χ1) is 17.2. The maximum absolute atomic E-state index is 13.6. The first-order valence-corrected chi connectivity index (χ1v) is 10.9. The molecule has 0 fully saturated rings. The molecule has 0 aliphatic rings. The summed E-state index contributed by atoms with van der Waals surface area (Å²) in [7, 11) is 1.73. The Hall–Kier alpha value is -3.96. The van der Waals surface area contributed by atoms with Crippen LogP contribution in [0.25, 0.3) is 22.6 Å². The Morgan fingerprint density at radius 3 is 2.53 bits per heavy atom. The fourth-order valence-electron chi connectivity index (χ4n) is 3.39. The summed E-state index contributed by atoms with van der Waals surface area (Å²) in [6.45, 7) is 0.553. The molecular weight excluding hydrogens is 501 g/mol. The number of nitrogens with two attached hydrogens (primary N) is 1. The van der Waals surface area contributed by atoms with Gasteiger partial charge >= 0.3 is 12.3 Å². The van der Waals surface area contributed by atoms with E-state index >= 15 is 0 Å². The van der Waals surface area contributed by atoms with Crippen molar-refractivity contribution in [1.82, 2.24) is 9.78 Å². The smallest absolute Gasteiger partial charge is 0.453 e. The van der Waals surface area contributed by atoms with Crippen molar-refractivity contribution >= 4 is 23.4 Å². The zero-order valence-electron chi connectivity index (χ0n) is 18.8. The van der Waals surface area contributed by atoms with Gasteiger partial charge in [-0.2, -0.15) is 18.3 Å². The van der Waals surface area contributed by atoms with E-state index in [0.29, 0.717) is 34.1 Å². The van der Waals surface area contributed by atoms with Crippen LogP contribution in [0.15, 0.2) is 65.2 Å². The Bertz CT molecular complexity index is 1370. The number of carbonyl (C=O) groups excluding carboxylic acids is 1. The van der Waals surface area contributed by atoms with Crippen LogP contribution >= 0.6 is 11.6 Å². The Balaban J connectivity index is 1.59. The predicted octanol–water partition coefficient (Wildman–Crippen LogP) is 5.97. The number of amides is 1. The fraction of sp³-hybridized carbons (Fsp3) is 0.167. The lowest BCUT2D eigenvalue weighted by Crippen LogP contribution is -2.18. The quantitative estimate of drug-likeness (QED) is 0.311. The maximum atomic E-state index is 13.6. The molecule has 2 aromatic heterocycles. The molecule has 4 aromatic rings. The van der Waals surface area contributed by atoms with Crippen molar-refractivity contribution in [3.63, 3.8) is 0 Å². The Morgan fingerprint density at radius 1 is 1.14 bits per heavy atom. The maximum Gasteiger partial charge on any atom is 0.453 e. The predicted molar refractivity (Wildman–Crippen MR) is 127 cm³/mol. The van der Waals surface area contributed by atoms with Crippen LogP contribution in [-0.2, 0) is 13.2 Å². The SMILES string of the molecule is Cn1nccc1-c1cc(NC(=O)Oc2cc(-c3ccc(Cl)cc3)oc2C(F)(F)F)ccc1OCCN. The molecular formula is C24H20ClF3N4O4. The van der Waals surface area contributed by atoms with Crippen molar-refractivity contribution in [3.8, 4) is 34.1 Å². The van der Waals surface area contributed by atoms with Gasteiger partial charge in [-0.15, -0.1) is 0 Å². The minimum atomic E-state index is -4.89. The molecule has 0 aliphatic heterocycles. The van der Waals surface area contributed by atoms with Gasteiger partial charge in [-0.3, -0.25) is 10.00 Å². The minimum Gasteiger partial charge on any atom is -0.492 e. The van der Waals surface area contributed by atoms with Gasteiger partial charge in [-0.1, -0.05) is 11.6 Å². The number of hydrogen-bond donors (Lipinski definition) is 2. The number of furan rings is 1. The van der Waals surface area contributed by atoms with Crippen LogP contribution in [0.1, 0.15) is 5.76 Å². The molecule has 4 rings (SSSR count). The largest absolute Gasteiger partial charge is 0.492 e. The third kappa shape index (κ3) is 5.64. The van der Waals surface area contributed by atoms with E-state index in [4.69, 9.17) is 31.2 Å². The summed E-state index contributed by atoms with van der Waals surface area (Å²) in [5.74, 6) is -1.87. The molecule has 8 nitrogen and oxygen atoms in total.